The van der Waals surface area contributed by atoms with E-state index in [1.54, 1.807) is 6.07 Å². The molecular formula is C20H24N4O6. The van der Waals surface area contributed by atoms with E-state index in [1.165, 1.54) is 11.9 Å². The number of carboxylic acid groups (broad SMARTS) is 2. The third kappa shape index (κ3) is 7.76. The molecule has 0 bridgehead atoms. The van der Waals surface area contributed by atoms with Crippen molar-refractivity contribution in [1.82, 2.24) is 15.4 Å². The fourth-order valence-electron chi connectivity index (χ4n) is 2.63. The molecule has 3 N–H and O–H groups in total. The number of carboxylic acids is 2. The van der Waals surface area contributed by atoms with Gasteiger partial charge in [-0.3, -0.25) is 4.79 Å². The minimum Gasteiger partial charge on any atom is -0.478 e. The second-order valence-corrected chi connectivity index (χ2v) is 6.53. The maximum atomic E-state index is 11.8. The number of hydrogen-bond donors (Lipinski definition) is 3. The smallest absolute Gasteiger partial charge is 0.328 e. The first-order valence-electron chi connectivity index (χ1n) is 9.20. The van der Waals surface area contributed by atoms with Crippen LogP contribution in [0.15, 0.2) is 53.2 Å². The third-order valence-electron chi connectivity index (χ3n) is 4.29. The Morgan fingerprint density at radius 2 is 1.63 bits per heavy atom. The van der Waals surface area contributed by atoms with E-state index in [0.717, 1.165) is 31.7 Å². The number of carbonyl (C=O) groups excluding carboxylic acids is 1. The Morgan fingerprint density at radius 1 is 1.03 bits per heavy atom. The van der Waals surface area contributed by atoms with E-state index in [9.17, 15) is 14.4 Å². The van der Waals surface area contributed by atoms with Crippen molar-refractivity contribution >= 4 is 23.5 Å². The van der Waals surface area contributed by atoms with Gasteiger partial charge in [0.1, 0.15) is 0 Å². The van der Waals surface area contributed by atoms with Crippen LogP contribution >= 0.6 is 0 Å². The van der Waals surface area contributed by atoms with Crippen molar-refractivity contribution in [3.8, 4) is 0 Å². The summed E-state index contributed by atoms with van der Waals surface area (Å²) in [5.41, 5.74) is 2.30. The third-order valence-corrected chi connectivity index (χ3v) is 4.29. The van der Waals surface area contributed by atoms with Gasteiger partial charge < -0.3 is 29.9 Å². The largest absolute Gasteiger partial charge is 0.478 e. The van der Waals surface area contributed by atoms with Crippen LogP contribution in [0, 0.1) is 0 Å². The minimum absolute atomic E-state index is 0.231. The van der Waals surface area contributed by atoms with Gasteiger partial charge in [0.2, 0.25) is 5.76 Å². The number of aromatic nitrogens is 1. The quantitative estimate of drug-likeness (QED) is 0.591. The van der Waals surface area contributed by atoms with Crippen LogP contribution in [0.4, 0.5) is 5.69 Å². The van der Waals surface area contributed by atoms with Crippen LogP contribution in [0.25, 0.3) is 0 Å². The molecule has 10 heteroatoms. The monoisotopic (exact) mass is 416 g/mol. The molecule has 1 aromatic heterocycles. The van der Waals surface area contributed by atoms with E-state index in [0.29, 0.717) is 18.7 Å². The molecule has 1 aromatic carbocycles. The first-order valence-corrected chi connectivity index (χ1v) is 9.20. The van der Waals surface area contributed by atoms with E-state index in [-0.39, 0.29) is 11.7 Å². The fourth-order valence-corrected chi connectivity index (χ4v) is 2.63. The molecule has 3 rings (SSSR count). The number of carbonyl (C=O) groups is 3. The van der Waals surface area contributed by atoms with Crippen LogP contribution in [0.2, 0.25) is 0 Å². The van der Waals surface area contributed by atoms with Crippen molar-refractivity contribution in [2.75, 3.05) is 38.1 Å². The second-order valence-electron chi connectivity index (χ2n) is 6.53. The molecule has 30 heavy (non-hydrogen) atoms. The summed E-state index contributed by atoms with van der Waals surface area (Å²) in [7, 11) is 2.15. The van der Waals surface area contributed by atoms with Crippen molar-refractivity contribution in [2.45, 2.75) is 6.54 Å². The summed E-state index contributed by atoms with van der Waals surface area (Å²) < 4.78 is 4.82. The molecule has 1 aliphatic heterocycles. The number of likely N-dealkylation sites (N-methyl/N-ethyl adjacent to an activating group) is 1. The topological polar surface area (TPSA) is 136 Å². The summed E-state index contributed by atoms with van der Waals surface area (Å²) >= 11 is 0. The molecule has 0 aliphatic carbocycles. The van der Waals surface area contributed by atoms with E-state index < -0.39 is 11.9 Å². The Kier molecular flexibility index (Phi) is 8.57. The van der Waals surface area contributed by atoms with Crippen LogP contribution < -0.4 is 10.2 Å². The van der Waals surface area contributed by atoms with Crippen molar-refractivity contribution < 1.29 is 29.1 Å². The predicted molar refractivity (Wildman–Crippen MR) is 108 cm³/mol. The summed E-state index contributed by atoms with van der Waals surface area (Å²) in [5, 5.41) is 22.0. The highest BCUT2D eigenvalue weighted by Gasteiger charge is 2.14. The number of piperazine rings is 1. The van der Waals surface area contributed by atoms with E-state index in [4.69, 9.17) is 14.7 Å². The van der Waals surface area contributed by atoms with Crippen LogP contribution in [-0.4, -0.2) is 71.3 Å². The van der Waals surface area contributed by atoms with Crippen molar-refractivity contribution in [3.05, 3.63) is 60.0 Å². The number of nitrogens with one attached hydrogen (secondary N) is 1. The Hall–Kier alpha value is -3.66. The molecule has 0 saturated carbocycles. The maximum Gasteiger partial charge on any atom is 0.328 e. The molecule has 160 valence electrons. The number of aliphatic carboxylic acids is 2. The summed E-state index contributed by atoms with van der Waals surface area (Å²) in [6.07, 6.45) is 2.57. The van der Waals surface area contributed by atoms with Gasteiger partial charge in [-0.2, -0.15) is 0 Å². The van der Waals surface area contributed by atoms with Crippen molar-refractivity contribution in [1.29, 1.82) is 0 Å². The Labute approximate surface area is 173 Å². The molecule has 0 unspecified atom stereocenters. The number of rotatable bonds is 6. The number of amides is 1. The Morgan fingerprint density at radius 3 is 2.13 bits per heavy atom. The zero-order valence-electron chi connectivity index (χ0n) is 16.5. The zero-order chi connectivity index (χ0) is 21.9. The van der Waals surface area contributed by atoms with Crippen LogP contribution in [0.3, 0.4) is 0 Å². The summed E-state index contributed by atoms with van der Waals surface area (Å²) in [6.45, 7) is 4.77. The SMILES string of the molecule is CN1CCN(c2ccc(CNC(=O)c3ccno3)cc2)CC1.O=C(O)/C=C\C(=O)O. The highest BCUT2D eigenvalue weighted by molar-refractivity contribution is 5.91. The first kappa shape index (κ1) is 22.6. The summed E-state index contributed by atoms with van der Waals surface area (Å²) in [6, 6.07) is 9.87. The standard InChI is InChI=1S/C16H20N4O2.C4H4O4/c1-19-8-10-20(11-9-19)14-4-2-13(3-5-14)12-17-16(21)15-6-7-18-22-15;5-3(6)1-2-4(7)8/h2-7H,8-12H2,1H3,(H,17,21);1-2H,(H,5,6)(H,7,8)/b;2-1-. The van der Waals surface area contributed by atoms with Crippen LogP contribution in [0.5, 0.6) is 0 Å². The Balaban J connectivity index is 0.000000343. The molecule has 0 radical (unpaired) electrons. The minimum atomic E-state index is -1.26. The van der Waals surface area contributed by atoms with Gasteiger partial charge in [0.25, 0.3) is 5.91 Å². The number of benzene rings is 1. The van der Waals surface area contributed by atoms with Gasteiger partial charge in [0.05, 0.1) is 6.20 Å². The summed E-state index contributed by atoms with van der Waals surface area (Å²) in [5.74, 6) is -2.53. The highest BCUT2D eigenvalue weighted by Crippen LogP contribution is 2.17. The molecule has 0 atom stereocenters. The van der Waals surface area contributed by atoms with Gasteiger partial charge in [-0.25, -0.2) is 9.59 Å². The molecule has 1 aliphatic rings. The average molecular weight is 416 g/mol. The van der Waals surface area contributed by atoms with E-state index in [2.05, 4.69) is 39.5 Å². The molecule has 1 amide bonds. The maximum absolute atomic E-state index is 11.8. The van der Waals surface area contributed by atoms with E-state index >= 15 is 0 Å². The van der Waals surface area contributed by atoms with Gasteiger partial charge in [0, 0.05) is 56.6 Å². The van der Waals surface area contributed by atoms with Gasteiger partial charge in [-0.05, 0) is 24.7 Å². The lowest BCUT2D eigenvalue weighted by Gasteiger charge is -2.34. The van der Waals surface area contributed by atoms with Crippen LogP contribution in [-0.2, 0) is 16.1 Å². The molecule has 1 fully saturated rings. The fraction of sp³-hybridized carbons (Fsp3) is 0.300. The lowest BCUT2D eigenvalue weighted by atomic mass is 10.1. The lowest BCUT2D eigenvalue weighted by molar-refractivity contribution is -0.134. The van der Waals surface area contributed by atoms with Crippen molar-refractivity contribution in [2.24, 2.45) is 0 Å². The van der Waals surface area contributed by atoms with E-state index in [1.807, 2.05) is 12.1 Å². The van der Waals surface area contributed by atoms with Gasteiger partial charge in [-0.15, -0.1) is 0 Å². The zero-order valence-corrected chi connectivity index (χ0v) is 16.5. The van der Waals surface area contributed by atoms with Crippen molar-refractivity contribution in [3.63, 3.8) is 0 Å². The highest BCUT2D eigenvalue weighted by atomic mass is 16.5. The second kappa shape index (κ2) is 11.4. The lowest BCUT2D eigenvalue weighted by Crippen LogP contribution is -2.44. The molecule has 2 aromatic rings. The van der Waals surface area contributed by atoms with Crippen LogP contribution in [0.1, 0.15) is 16.1 Å². The van der Waals surface area contributed by atoms with Gasteiger partial charge in [-0.1, -0.05) is 17.3 Å². The van der Waals surface area contributed by atoms with Gasteiger partial charge in [0.15, 0.2) is 0 Å². The molecule has 0 spiro atoms. The molecule has 10 nitrogen and oxygen atoms in total. The number of hydrogen-bond acceptors (Lipinski definition) is 7. The summed E-state index contributed by atoms with van der Waals surface area (Å²) in [4.78, 5) is 35.6. The first-order chi connectivity index (χ1) is 14.3. The average Bonchev–Trinajstić information content (AvgIpc) is 3.27. The molecule has 2 heterocycles. The van der Waals surface area contributed by atoms with Gasteiger partial charge >= 0.3 is 11.9 Å². The number of anilines is 1. The normalized spacial score (nSPS) is 14.1. The molecular weight excluding hydrogens is 392 g/mol. The number of nitrogens with zero attached hydrogens (tertiary/aromatic N) is 3. The predicted octanol–water partition coefficient (Wildman–Crippen LogP) is 1.07. The Bertz CT molecular complexity index is 840. The molecule has 1 saturated heterocycles.